The molecular formula is C17H13Cl2NO3S. The zero-order valence-corrected chi connectivity index (χ0v) is 15.0. The van der Waals surface area contributed by atoms with Gasteiger partial charge in [-0.15, -0.1) is 0 Å². The van der Waals surface area contributed by atoms with Crippen molar-refractivity contribution >= 4 is 56.3 Å². The van der Waals surface area contributed by atoms with Gasteiger partial charge in [0.05, 0.1) is 10.6 Å². The van der Waals surface area contributed by atoms with Crippen LogP contribution in [0.5, 0.6) is 0 Å². The summed E-state index contributed by atoms with van der Waals surface area (Å²) in [7, 11) is -3.27. The van der Waals surface area contributed by atoms with E-state index in [0.29, 0.717) is 27.0 Å². The summed E-state index contributed by atoms with van der Waals surface area (Å²) >= 11 is 12.0. The first-order valence-electron chi connectivity index (χ1n) is 7.15. The van der Waals surface area contributed by atoms with Crippen molar-refractivity contribution in [1.29, 1.82) is 0 Å². The standard InChI is InChI=1S/C17H13Cl2NO3S/c1-2-24(21,22)13-6-7-16-15(10-13)20-17(23-16)8-4-11-3-5-12(18)9-14(11)19/h3-10H,2H2,1H3/b8-4+. The number of oxazole rings is 1. The molecule has 0 unspecified atom stereocenters. The fourth-order valence-electron chi connectivity index (χ4n) is 2.15. The number of sulfone groups is 1. The van der Waals surface area contributed by atoms with Crippen LogP contribution in [0.2, 0.25) is 10.0 Å². The minimum atomic E-state index is -3.27. The third-order valence-electron chi connectivity index (χ3n) is 3.48. The van der Waals surface area contributed by atoms with Crippen LogP contribution in [-0.4, -0.2) is 19.2 Å². The van der Waals surface area contributed by atoms with Gasteiger partial charge in [-0.05, 0) is 42.0 Å². The number of nitrogens with zero attached hydrogens (tertiary/aromatic N) is 1. The molecule has 0 fully saturated rings. The number of aromatic nitrogens is 1. The summed E-state index contributed by atoms with van der Waals surface area (Å²) in [6, 6.07) is 9.82. The minimum absolute atomic E-state index is 0.0399. The highest BCUT2D eigenvalue weighted by Gasteiger charge is 2.14. The normalized spacial score (nSPS) is 12.3. The second-order valence-corrected chi connectivity index (χ2v) is 8.21. The lowest BCUT2D eigenvalue weighted by molar-refractivity contribution is 0.589. The van der Waals surface area contributed by atoms with Crippen LogP contribution < -0.4 is 0 Å². The van der Waals surface area contributed by atoms with Crippen molar-refractivity contribution in [2.75, 3.05) is 5.75 Å². The third-order valence-corrected chi connectivity index (χ3v) is 5.78. The number of fused-ring (bicyclic) bond motifs is 1. The maximum atomic E-state index is 11.9. The fourth-order valence-corrected chi connectivity index (χ4v) is 3.53. The molecule has 1 aromatic heterocycles. The number of halogens is 2. The molecule has 3 aromatic rings. The average Bonchev–Trinajstić information content (AvgIpc) is 2.96. The maximum Gasteiger partial charge on any atom is 0.220 e. The van der Waals surface area contributed by atoms with Crippen LogP contribution in [0.15, 0.2) is 45.7 Å². The molecule has 0 bridgehead atoms. The van der Waals surface area contributed by atoms with E-state index in [4.69, 9.17) is 27.6 Å². The molecule has 7 heteroatoms. The summed E-state index contributed by atoms with van der Waals surface area (Å²) in [5.74, 6) is 0.403. The summed E-state index contributed by atoms with van der Waals surface area (Å²) in [6.45, 7) is 1.60. The molecule has 0 radical (unpaired) electrons. The predicted octanol–water partition coefficient (Wildman–Crippen LogP) is 5.10. The van der Waals surface area contributed by atoms with Gasteiger partial charge in [-0.1, -0.05) is 36.2 Å². The van der Waals surface area contributed by atoms with Crippen LogP contribution in [0.3, 0.4) is 0 Å². The van der Waals surface area contributed by atoms with E-state index in [-0.39, 0.29) is 10.6 Å². The molecule has 4 nitrogen and oxygen atoms in total. The van der Waals surface area contributed by atoms with Gasteiger partial charge in [0.2, 0.25) is 5.89 Å². The first-order valence-corrected chi connectivity index (χ1v) is 9.56. The summed E-state index contributed by atoms with van der Waals surface area (Å²) in [5, 5.41) is 1.08. The molecule has 0 aliphatic heterocycles. The molecule has 0 aliphatic carbocycles. The minimum Gasteiger partial charge on any atom is -0.437 e. The Morgan fingerprint density at radius 1 is 1.12 bits per heavy atom. The Hall–Kier alpha value is -1.82. The lowest BCUT2D eigenvalue weighted by Gasteiger charge is -1.99. The van der Waals surface area contributed by atoms with Gasteiger partial charge >= 0.3 is 0 Å². The van der Waals surface area contributed by atoms with E-state index in [2.05, 4.69) is 4.98 Å². The molecule has 0 N–H and O–H groups in total. The molecule has 0 spiro atoms. The van der Waals surface area contributed by atoms with Crippen LogP contribution in [0.25, 0.3) is 23.3 Å². The van der Waals surface area contributed by atoms with E-state index in [1.54, 1.807) is 43.3 Å². The van der Waals surface area contributed by atoms with Gasteiger partial charge in [-0.3, -0.25) is 0 Å². The molecule has 0 saturated heterocycles. The quantitative estimate of drug-likeness (QED) is 0.630. The van der Waals surface area contributed by atoms with Crippen LogP contribution >= 0.6 is 23.2 Å². The van der Waals surface area contributed by atoms with Crippen molar-refractivity contribution < 1.29 is 12.8 Å². The molecule has 0 amide bonds. The smallest absolute Gasteiger partial charge is 0.220 e. The Bertz CT molecular complexity index is 1040. The number of hydrogen-bond donors (Lipinski definition) is 0. The van der Waals surface area contributed by atoms with Crippen molar-refractivity contribution in [1.82, 2.24) is 4.98 Å². The lowest BCUT2D eigenvalue weighted by atomic mass is 10.2. The molecule has 124 valence electrons. The summed E-state index contributed by atoms with van der Waals surface area (Å²) in [6.07, 6.45) is 3.43. The number of rotatable bonds is 4. The second kappa shape index (κ2) is 6.59. The van der Waals surface area contributed by atoms with Crippen LogP contribution in [0, 0.1) is 0 Å². The summed E-state index contributed by atoms with van der Waals surface area (Å²) < 4.78 is 29.5. The van der Waals surface area contributed by atoms with Gasteiger partial charge in [0, 0.05) is 16.1 Å². The Balaban J connectivity index is 1.95. The van der Waals surface area contributed by atoms with E-state index in [9.17, 15) is 8.42 Å². The van der Waals surface area contributed by atoms with Gasteiger partial charge in [-0.25, -0.2) is 13.4 Å². The fraction of sp³-hybridized carbons (Fsp3) is 0.118. The van der Waals surface area contributed by atoms with Gasteiger partial charge < -0.3 is 4.42 Å². The van der Waals surface area contributed by atoms with Crippen molar-refractivity contribution in [2.24, 2.45) is 0 Å². The topological polar surface area (TPSA) is 60.2 Å². The molecule has 3 rings (SSSR count). The molecule has 1 heterocycles. The highest BCUT2D eigenvalue weighted by atomic mass is 35.5. The summed E-state index contributed by atoms with van der Waals surface area (Å²) in [4.78, 5) is 4.53. The number of hydrogen-bond acceptors (Lipinski definition) is 4. The lowest BCUT2D eigenvalue weighted by Crippen LogP contribution is -2.03. The molecule has 2 aromatic carbocycles. The maximum absolute atomic E-state index is 11.9. The Labute approximate surface area is 149 Å². The zero-order chi connectivity index (χ0) is 17.3. The number of benzene rings is 2. The Morgan fingerprint density at radius 3 is 2.62 bits per heavy atom. The molecule has 24 heavy (non-hydrogen) atoms. The SMILES string of the molecule is CCS(=O)(=O)c1ccc2oc(/C=C/c3ccc(Cl)cc3Cl)nc2c1. The largest absolute Gasteiger partial charge is 0.437 e. The van der Waals surface area contributed by atoms with E-state index in [0.717, 1.165) is 5.56 Å². The van der Waals surface area contributed by atoms with Crippen molar-refractivity contribution in [3.8, 4) is 0 Å². The Kier molecular flexibility index (Phi) is 4.67. The highest BCUT2D eigenvalue weighted by molar-refractivity contribution is 7.91. The van der Waals surface area contributed by atoms with E-state index in [1.165, 1.54) is 12.1 Å². The van der Waals surface area contributed by atoms with Gasteiger partial charge in [-0.2, -0.15) is 0 Å². The monoisotopic (exact) mass is 381 g/mol. The summed E-state index contributed by atoms with van der Waals surface area (Å²) in [5.41, 5.74) is 1.79. The molecule has 0 aliphatic rings. The van der Waals surface area contributed by atoms with E-state index < -0.39 is 9.84 Å². The van der Waals surface area contributed by atoms with E-state index >= 15 is 0 Å². The van der Waals surface area contributed by atoms with Gasteiger partial charge in [0.1, 0.15) is 5.52 Å². The predicted molar refractivity (Wildman–Crippen MR) is 97.1 cm³/mol. The average molecular weight is 382 g/mol. The van der Waals surface area contributed by atoms with Crippen molar-refractivity contribution in [3.63, 3.8) is 0 Å². The van der Waals surface area contributed by atoms with Gasteiger partial charge in [0.25, 0.3) is 0 Å². The zero-order valence-electron chi connectivity index (χ0n) is 12.7. The molecule has 0 saturated carbocycles. The first-order chi connectivity index (χ1) is 11.4. The van der Waals surface area contributed by atoms with Crippen molar-refractivity contribution in [2.45, 2.75) is 11.8 Å². The van der Waals surface area contributed by atoms with Crippen LogP contribution in [0.4, 0.5) is 0 Å². The van der Waals surface area contributed by atoms with E-state index in [1.807, 2.05) is 0 Å². The van der Waals surface area contributed by atoms with Crippen LogP contribution in [-0.2, 0) is 9.84 Å². The van der Waals surface area contributed by atoms with Crippen LogP contribution in [0.1, 0.15) is 18.4 Å². The first kappa shape index (κ1) is 17.0. The van der Waals surface area contributed by atoms with Gasteiger partial charge in [0.15, 0.2) is 15.4 Å². The third kappa shape index (κ3) is 3.48. The van der Waals surface area contributed by atoms with Crippen molar-refractivity contribution in [3.05, 3.63) is 57.9 Å². The molecule has 0 atom stereocenters. The Morgan fingerprint density at radius 2 is 1.92 bits per heavy atom. The highest BCUT2D eigenvalue weighted by Crippen LogP contribution is 2.24. The second-order valence-electron chi connectivity index (χ2n) is 5.08. The molecular weight excluding hydrogens is 369 g/mol.